The molecule has 1 aromatic heterocycles. The van der Waals surface area contributed by atoms with Gasteiger partial charge in [-0.15, -0.1) is 0 Å². The summed E-state index contributed by atoms with van der Waals surface area (Å²) in [4.78, 5) is 13.0. The van der Waals surface area contributed by atoms with Crippen molar-refractivity contribution < 1.29 is 15.0 Å². The van der Waals surface area contributed by atoms with Gasteiger partial charge in [0.05, 0.1) is 0 Å². The van der Waals surface area contributed by atoms with Gasteiger partial charge in [-0.25, -0.2) is 4.98 Å². The number of hydrogen-bond acceptors (Lipinski definition) is 3. The van der Waals surface area contributed by atoms with E-state index in [0.29, 0.717) is 6.42 Å². The van der Waals surface area contributed by atoms with Gasteiger partial charge in [0.2, 0.25) is 0 Å². The minimum absolute atomic E-state index is 0.417. The molecular formula is C9H16N2O3. The van der Waals surface area contributed by atoms with Crippen LogP contribution in [0.25, 0.3) is 0 Å². The standard InChI is InChI=1S/C7H12N2O.C2H4O2/c1-3-6(10)7-8-4-5-9(7)2;1-2(3)4/h4-6,10H,3H2,1-2H3;1H3,(H,3,4). The van der Waals surface area contributed by atoms with Crippen molar-refractivity contribution in [2.24, 2.45) is 7.05 Å². The zero-order valence-corrected chi connectivity index (χ0v) is 8.64. The highest BCUT2D eigenvalue weighted by atomic mass is 16.4. The van der Waals surface area contributed by atoms with Gasteiger partial charge in [0.25, 0.3) is 5.97 Å². The van der Waals surface area contributed by atoms with Crippen molar-refractivity contribution in [1.82, 2.24) is 9.55 Å². The number of carboxylic acid groups (broad SMARTS) is 1. The Hall–Kier alpha value is -1.36. The van der Waals surface area contributed by atoms with Crippen molar-refractivity contribution >= 4 is 5.97 Å². The van der Waals surface area contributed by atoms with Gasteiger partial charge in [-0.3, -0.25) is 4.79 Å². The van der Waals surface area contributed by atoms with Gasteiger partial charge in [-0.1, -0.05) is 6.92 Å². The van der Waals surface area contributed by atoms with Crippen molar-refractivity contribution in [3.8, 4) is 0 Å². The van der Waals surface area contributed by atoms with Crippen LogP contribution in [0.4, 0.5) is 0 Å². The molecule has 1 heterocycles. The van der Waals surface area contributed by atoms with Crippen molar-refractivity contribution in [3.63, 3.8) is 0 Å². The SMILES string of the molecule is CC(=O)O.CCC(O)c1nccn1C. The number of aromatic nitrogens is 2. The molecule has 0 aliphatic rings. The Morgan fingerprint density at radius 3 is 2.50 bits per heavy atom. The van der Waals surface area contributed by atoms with Crippen LogP contribution in [0.1, 0.15) is 32.2 Å². The smallest absolute Gasteiger partial charge is 0.300 e. The number of carboxylic acids is 1. The lowest BCUT2D eigenvalue weighted by Crippen LogP contribution is -2.03. The first-order valence-corrected chi connectivity index (χ1v) is 4.33. The normalized spacial score (nSPS) is 11.4. The molecule has 1 atom stereocenters. The summed E-state index contributed by atoms with van der Waals surface area (Å²) in [5.41, 5.74) is 0. The molecule has 0 saturated heterocycles. The number of rotatable bonds is 2. The summed E-state index contributed by atoms with van der Waals surface area (Å²) in [6.45, 7) is 3.01. The van der Waals surface area contributed by atoms with Crippen molar-refractivity contribution in [1.29, 1.82) is 0 Å². The van der Waals surface area contributed by atoms with Crippen LogP contribution in [-0.4, -0.2) is 25.7 Å². The minimum Gasteiger partial charge on any atom is -0.481 e. The van der Waals surface area contributed by atoms with E-state index < -0.39 is 12.1 Å². The molecule has 80 valence electrons. The molecular weight excluding hydrogens is 184 g/mol. The van der Waals surface area contributed by atoms with Crippen molar-refractivity contribution in [2.45, 2.75) is 26.4 Å². The Labute approximate surface area is 83.0 Å². The van der Waals surface area contributed by atoms with Crippen LogP contribution in [0.3, 0.4) is 0 Å². The second-order valence-corrected chi connectivity index (χ2v) is 2.84. The molecule has 0 amide bonds. The highest BCUT2D eigenvalue weighted by Crippen LogP contribution is 2.11. The topological polar surface area (TPSA) is 75.3 Å². The molecule has 0 saturated carbocycles. The number of aliphatic hydroxyl groups excluding tert-OH is 1. The lowest BCUT2D eigenvalue weighted by molar-refractivity contribution is -0.134. The largest absolute Gasteiger partial charge is 0.481 e. The van der Waals surface area contributed by atoms with Gasteiger partial charge in [0.1, 0.15) is 11.9 Å². The minimum atomic E-state index is -0.833. The molecule has 0 spiro atoms. The van der Waals surface area contributed by atoms with E-state index in [2.05, 4.69) is 4.98 Å². The molecule has 2 N–H and O–H groups in total. The Kier molecular flexibility index (Phi) is 5.55. The molecule has 0 aliphatic heterocycles. The zero-order valence-electron chi connectivity index (χ0n) is 8.64. The third-order valence-corrected chi connectivity index (χ3v) is 1.54. The summed E-state index contributed by atoms with van der Waals surface area (Å²) < 4.78 is 1.83. The van der Waals surface area contributed by atoms with Crippen LogP contribution in [0.15, 0.2) is 12.4 Å². The highest BCUT2D eigenvalue weighted by molar-refractivity contribution is 5.62. The Morgan fingerprint density at radius 1 is 1.71 bits per heavy atom. The van der Waals surface area contributed by atoms with Crippen LogP contribution >= 0.6 is 0 Å². The second kappa shape index (κ2) is 6.15. The fourth-order valence-electron chi connectivity index (χ4n) is 0.881. The average molecular weight is 200 g/mol. The molecule has 1 rings (SSSR count). The maximum atomic E-state index is 9.32. The third-order valence-electron chi connectivity index (χ3n) is 1.54. The predicted octanol–water partition coefficient (Wildman–Crippen LogP) is 0.954. The molecule has 0 bridgehead atoms. The van der Waals surface area contributed by atoms with E-state index in [1.807, 2.05) is 24.7 Å². The first-order valence-electron chi connectivity index (χ1n) is 4.33. The summed E-state index contributed by atoms with van der Waals surface area (Å²) >= 11 is 0. The summed E-state index contributed by atoms with van der Waals surface area (Å²) in [5, 5.41) is 16.7. The van der Waals surface area contributed by atoms with Crippen LogP contribution in [0.2, 0.25) is 0 Å². The van der Waals surface area contributed by atoms with Crippen molar-refractivity contribution in [3.05, 3.63) is 18.2 Å². The molecule has 14 heavy (non-hydrogen) atoms. The maximum absolute atomic E-state index is 9.32. The Balaban J connectivity index is 0.000000364. The van der Waals surface area contributed by atoms with E-state index in [4.69, 9.17) is 9.90 Å². The van der Waals surface area contributed by atoms with Gasteiger partial charge >= 0.3 is 0 Å². The van der Waals surface area contributed by atoms with Gasteiger partial charge in [0.15, 0.2) is 0 Å². The van der Waals surface area contributed by atoms with Crippen molar-refractivity contribution in [2.75, 3.05) is 0 Å². The number of hydrogen-bond donors (Lipinski definition) is 2. The van der Waals surface area contributed by atoms with E-state index in [0.717, 1.165) is 12.7 Å². The predicted molar refractivity (Wildman–Crippen MR) is 51.8 cm³/mol. The molecule has 1 aromatic rings. The summed E-state index contributed by atoms with van der Waals surface area (Å²) in [6.07, 6.45) is 3.81. The van der Waals surface area contributed by atoms with E-state index in [9.17, 15) is 5.11 Å². The number of aryl methyl sites for hydroxylation is 1. The number of carbonyl (C=O) groups is 1. The van der Waals surface area contributed by atoms with E-state index in [-0.39, 0.29) is 0 Å². The van der Waals surface area contributed by atoms with E-state index in [1.165, 1.54) is 0 Å². The second-order valence-electron chi connectivity index (χ2n) is 2.84. The Bertz CT molecular complexity index is 279. The molecule has 0 radical (unpaired) electrons. The highest BCUT2D eigenvalue weighted by Gasteiger charge is 2.07. The molecule has 0 aliphatic carbocycles. The molecule has 0 fully saturated rings. The summed E-state index contributed by atoms with van der Waals surface area (Å²) in [6, 6.07) is 0. The van der Waals surface area contributed by atoms with Crippen LogP contribution < -0.4 is 0 Å². The monoisotopic (exact) mass is 200 g/mol. The molecule has 5 heteroatoms. The molecule has 5 nitrogen and oxygen atoms in total. The quantitative estimate of drug-likeness (QED) is 0.745. The van der Waals surface area contributed by atoms with Gasteiger partial charge in [0, 0.05) is 26.4 Å². The average Bonchev–Trinajstić information content (AvgIpc) is 2.49. The van der Waals surface area contributed by atoms with Gasteiger partial charge in [-0.2, -0.15) is 0 Å². The van der Waals surface area contributed by atoms with Crippen LogP contribution in [0.5, 0.6) is 0 Å². The fraction of sp³-hybridized carbons (Fsp3) is 0.556. The van der Waals surface area contributed by atoms with Gasteiger partial charge in [-0.05, 0) is 6.42 Å². The van der Waals surface area contributed by atoms with E-state index >= 15 is 0 Å². The Morgan fingerprint density at radius 2 is 2.21 bits per heavy atom. The first kappa shape index (κ1) is 12.6. The lowest BCUT2D eigenvalue weighted by atomic mass is 10.3. The third kappa shape index (κ3) is 4.61. The molecule has 0 aromatic carbocycles. The van der Waals surface area contributed by atoms with Crippen LogP contribution in [0, 0.1) is 0 Å². The number of aliphatic hydroxyl groups is 1. The first-order chi connectivity index (χ1) is 6.49. The fourth-order valence-corrected chi connectivity index (χ4v) is 0.881. The van der Waals surface area contributed by atoms with Crippen LogP contribution in [-0.2, 0) is 11.8 Å². The number of aliphatic carboxylic acids is 1. The van der Waals surface area contributed by atoms with E-state index in [1.54, 1.807) is 6.20 Å². The number of imidazole rings is 1. The van der Waals surface area contributed by atoms with Gasteiger partial charge < -0.3 is 14.8 Å². The summed E-state index contributed by atoms with van der Waals surface area (Å²) in [5.74, 6) is -0.0949. The molecule has 1 unspecified atom stereocenters. The lowest BCUT2D eigenvalue weighted by Gasteiger charge is -2.05. The summed E-state index contributed by atoms with van der Waals surface area (Å²) in [7, 11) is 1.88. The number of nitrogens with zero attached hydrogens (tertiary/aromatic N) is 2. The zero-order chi connectivity index (χ0) is 11.1. The maximum Gasteiger partial charge on any atom is 0.300 e.